The van der Waals surface area contributed by atoms with E-state index in [4.69, 9.17) is 16.3 Å². The zero-order valence-corrected chi connectivity index (χ0v) is 16.5. The van der Waals surface area contributed by atoms with Crippen molar-refractivity contribution in [3.8, 4) is 0 Å². The molecule has 0 spiro atoms. The van der Waals surface area contributed by atoms with Crippen LogP contribution in [0.15, 0.2) is 59.8 Å². The largest absolute Gasteiger partial charge is 0.463 e. The number of esters is 1. The fourth-order valence-corrected chi connectivity index (χ4v) is 3.56. The summed E-state index contributed by atoms with van der Waals surface area (Å²) < 4.78 is 18.4. The first-order valence-electron chi connectivity index (χ1n) is 9.08. The van der Waals surface area contributed by atoms with Gasteiger partial charge in [-0.3, -0.25) is 4.79 Å². The van der Waals surface area contributed by atoms with Crippen LogP contribution in [-0.2, 0) is 20.9 Å². The molecule has 2 aromatic rings. The first kappa shape index (κ1) is 20.1. The maximum Gasteiger partial charge on any atom is 0.336 e. The third-order valence-corrected chi connectivity index (χ3v) is 5.10. The molecule has 1 heterocycles. The summed E-state index contributed by atoms with van der Waals surface area (Å²) in [5.41, 5.74) is 2.63. The summed E-state index contributed by atoms with van der Waals surface area (Å²) in [6.45, 7) is 4.00. The van der Waals surface area contributed by atoms with Crippen molar-refractivity contribution in [2.45, 2.75) is 32.7 Å². The van der Waals surface area contributed by atoms with Gasteiger partial charge in [-0.05, 0) is 49.2 Å². The van der Waals surface area contributed by atoms with Gasteiger partial charge in [0, 0.05) is 23.1 Å². The summed E-state index contributed by atoms with van der Waals surface area (Å²) in [7, 11) is 0. The summed E-state index contributed by atoms with van der Waals surface area (Å²) in [6.07, 6.45) is 0.147. The number of nitrogens with zero attached hydrogens (tertiary/aromatic N) is 1. The van der Waals surface area contributed by atoms with Gasteiger partial charge in [-0.15, -0.1) is 0 Å². The number of carbonyl (C=O) groups excluding carboxylic acids is 2. The molecular weight excluding hydrogens is 381 g/mol. The second kappa shape index (κ2) is 8.57. The second-order valence-electron chi connectivity index (χ2n) is 6.63. The van der Waals surface area contributed by atoms with E-state index in [1.54, 1.807) is 43.0 Å². The van der Waals surface area contributed by atoms with Gasteiger partial charge in [-0.2, -0.15) is 0 Å². The molecule has 0 aromatic heterocycles. The predicted octanol–water partition coefficient (Wildman–Crippen LogP) is 4.83. The zero-order valence-electron chi connectivity index (χ0n) is 15.7. The van der Waals surface area contributed by atoms with E-state index >= 15 is 0 Å². The standard InChI is InChI=1S/C22H21ClFNO3/c1-3-28-22(27)21-14(2)25(13-15-4-10-18(24)11-5-15)20(26)12-19(21)16-6-8-17(23)9-7-16/h4-11,19H,3,12-13H2,1-2H3/t19-/m1/s1. The lowest BCUT2D eigenvalue weighted by molar-refractivity contribution is -0.140. The van der Waals surface area contributed by atoms with E-state index in [9.17, 15) is 14.0 Å². The van der Waals surface area contributed by atoms with E-state index in [1.165, 1.54) is 12.1 Å². The van der Waals surface area contributed by atoms with Crippen LogP contribution in [0.1, 0.15) is 37.3 Å². The minimum Gasteiger partial charge on any atom is -0.463 e. The van der Waals surface area contributed by atoms with Crippen LogP contribution in [0, 0.1) is 5.82 Å². The third kappa shape index (κ3) is 4.25. The minimum absolute atomic E-state index is 0.102. The molecule has 4 nitrogen and oxygen atoms in total. The molecule has 146 valence electrons. The van der Waals surface area contributed by atoms with E-state index < -0.39 is 11.9 Å². The molecule has 0 aliphatic carbocycles. The van der Waals surface area contributed by atoms with E-state index in [-0.39, 0.29) is 31.3 Å². The molecule has 0 radical (unpaired) electrons. The number of hydrogen-bond acceptors (Lipinski definition) is 3. The van der Waals surface area contributed by atoms with Crippen LogP contribution in [0.25, 0.3) is 0 Å². The Morgan fingerprint density at radius 1 is 1.18 bits per heavy atom. The molecule has 1 aliphatic heterocycles. The summed E-state index contributed by atoms with van der Waals surface area (Å²) in [5.74, 6) is -1.27. The van der Waals surface area contributed by atoms with Crippen LogP contribution in [0.5, 0.6) is 0 Å². The molecule has 3 rings (SSSR count). The molecule has 2 aromatic carbocycles. The Labute approximate surface area is 168 Å². The number of rotatable bonds is 5. The Bertz CT molecular complexity index is 906. The summed E-state index contributed by atoms with van der Waals surface area (Å²) in [4.78, 5) is 27.2. The minimum atomic E-state index is -0.434. The van der Waals surface area contributed by atoms with Gasteiger partial charge in [0.05, 0.1) is 18.7 Å². The third-order valence-electron chi connectivity index (χ3n) is 4.84. The SMILES string of the molecule is CCOC(=O)C1=C(C)N(Cc2ccc(F)cc2)C(=O)C[C@@H]1c1ccc(Cl)cc1. The zero-order chi connectivity index (χ0) is 20.3. The quantitative estimate of drug-likeness (QED) is 0.674. The highest BCUT2D eigenvalue weighted by Gasteiger charge is 2.36. The van der Waals surface area contributed by atoms with Gasteiger partial charge in [0.25, 0.3) is 0 Å². The van der Waals surface area contributed by atoms with E-state index in [2.05, 4.69) is 0 Å². The van der Waals surface area contributed by atoms with Crippen molar-refractivity contribution in [3.05, 3.63) is 81.8 Å². The van der Waals surface area contributed by atoms with Gasteiger partial charge < -0.3 is 9.64 Å². The van der Waals surface area contributed by atoms with Gasteiger partial charge in [-0.1, -0.05) is 35.9 Å². The van der Waals surface area contributed by atoms with Crippen LogP contribution in [0.2, 0.25) is 5.02 Å². The molecular formula is C22H21ClFNO3. The summed E-state index contributed by atoms with van der Waals surface area (Å²) in [5, 5.41) is 0.585. The average molecular weight is 402 g/mol. The number of hydrogen-bond donors (Lipinski definition) is 0. The highest BCUT2D eigenvalue weighted by molar-refractivity contribution is 6.30. The van der Waals surface area contributed by atoms with E-state index in [0.29, 0.717) is 16.3 Å². The van der Waals surface area contributed by atoms with Gasteiger partial charge in [0.2, 0.25) is 5.91 Å². The van der Waals surface area contributed by atoms with Crippen molar-refractivity contribution < 1.29 is 18.7 Å². The summed E-state index contributed by atoms with van der Waals surface area (Å²) >= 11 is 5.98. The molecule has 0 unspecified atom stereocenters. The molecule has 1 atom stereocenters. The fraction of sp³-hybridized carbons (Fsp3) is 0.273. The van der Waals surface area contributed by atoms with Crippen LogP contribution in [0.3, 0.4) is 0 Å². The number of ether oxygens (including phenoxy) is 1. The maximum absolute atomic E-state index is 13.2. The van der Waals surface area contributed by atoms with Gasteiger partial charge in [0.1, 0.15) is 5.82 Å². The lowest BCUT2D eigenvalue weighted by Gasteiger charge is -2.34. The lowest BCUT2D eigenvalue weighted by atomic mass is 9.83. The molecule has 1 amide bonds. The van der Waals surface area contributed by atoms with Gasteiger partial charge in [-0.25, -0.2) is 9.18 Å². The number of amides is 1. The van der Waals surface area contributed by atoms with Crippen LogP contribution in [0.4, 0.5) is 4.39 Å². The molecule has 6 heteroatoms. The normalized spacial score (nSPS) is 17.1. The van der Waals surface area contributed by atoms with Gasteiger partial charge in [0.15, 0.2) is 0 Å². The molecule has 28 heavy (non-hydrogen) atoms. The molecule has 0 saturated heterocycles. The summed E-state index contributed by atoms with van der Waals surface area (Å²) in [6, 6.07) is 13.1. The van der Waals surface area contributed by atoms with E-state index in [1.807, 2.05) is 12.1 Å². The first-order valence-corrected chi connectivity index (χ1v) is 9.46. The Morgan fingerprint density at radius 3 is 2.43 bits per heavy atom. The van der Waals surface area contributed by atoms with E-state index in [0.717, 1.165) is 11.1 Å². The van der Waals surface area contributed by atoms with Crippen LogP contribution >= 0.6 is 11.6 Å². The average Bonchev–Trinajstić information content (AvgIpc) is 2.67. The predicted molar refractivity (Wildman–Crippen MR) is 105 cm³/mol. The van der Waals surface area contributed by atoms with Crippen molar-refractivity contribution in [2.75, 3.05) is 6.61 Å². The Balaban J connectivity index is 2.00. The van der Waals surface area contributed by atoms with Crippen molar-refractivity contribution >= 4 is 23.5 Å². The molecule has 0 N–H and O–H groups in total. The molecule has 0 saturated carbocycles. The topological polar surface area (TPSA) is 46.6 Å². The van der Waals surface area contributed by atoms with Crippen molar-refractivity contribution in [3.63, 3.8) is 0 Å². The monoisotopic (exact) mass is 401 g/mol. The van der Waals surface area contributed by atoms with Crippen molar-refractivity contribution in [1.82, 2.24) is 4.90 Å². The fourth-order valence-electron chi connectivity index (χ4n) is 3.43. The maximum atomic E-state index is 13.2. The first-order chi connectivity index (χ1) is 13.4. The molecule has 1 aliphatic rings. The molecule has 0 bridgehead atoms. The lowest BCUT2D eigenvalue weighted by Crippen LogP contribution is -2.38. The number of halogens is 2. The van der Waals surface area contributed by atoms with Crippen molar-refractivity contribution in [2.24, 2.45) is 0 Å². The highest BCUT2D eigenvalue weighted by atomic mass is 35.5. The van der Waals surface area contributed by atoms with Gasteiger partial charge >= 0.3 is 5.97 Å². The Hall–Kier alpha value is -2.66. The Morgan fingerprint density at radius 2 is 1.82 bits per heavy atom. The number of carbonyl (C=O) groups is 2. The number of benzene rings is 2. The second-order valence-corrected chi connectivity index (χ2v) is 7.07. The van der Waals surface area contributed by atoms with Crippen molar-refractivity contribution in [1.29, 1.82) is 0 Å². The Kier molecular flexibility index (Phi) is 6.15. The smallest absolute Gasteiger partial charge is 0.336 e. The van der Waals surface area contributed by atoms with Crippen LogP contribution < -0.4 is 0 Å². The van der Waals surface area contributed by atoms with Crippen LogP contribution in [-0.4, -0.2) is 23.4 Å². The number of allylic oxidation sites excluding steroid dienone is 1. The molecule has 0 fully saturated rings. The highest BCUT2D eigenvalue weighted by Crippen LogP contribution is 2.38.